The first kappa shape index (κ1) is 20.0. The molecule has 1 amide bonds. The Hall–Kier alpha value is -2.26. The molecule has 9 heteroatoms. The van der Waals surface area contributed by atoms with Crippen molar-refractivity contribution in [2.75, 3.05) is 37.0 Å². The highest BCUT2D eigenvalue weighted by Crippen LogP contribution is 2.30. The lowest BCUT2D eigenvalue weighted by Crippen LogP contribution is -2.22. The highest BCUT2D eigenvalue weighted by molar-refractivity contribution is 7.22. The molecule has 152 valence electrons. The average Bonchev–Trinajstić information content (AvgIpc) is 3.38. The van der Waals surface area contributed by atoms with Crippen molar-refractivity contribution in [3.63, 3.8) is 0 Å². The molecule has 0 aliphatic carbocycles. The summed E-state index contributed by atoms with van der Waals surface area (Å²) in [6, 6.07) is 11.3. The number of aliphatic hydroxyl groups excluding tert-OH is 1. The van der Waals surface area contributed by atoms with Crippen molar-refractivity contribution in [3.05, 3.63) is 41.4 Å². The number of anilines is 3. The van der Waals surface area contributed by atoms with Gasteiger partial charge in [-0.3, -0.25) is 9.69 Å². The summed E-state index contributed by atoms with van der Waals surface area (Å²) in [6.45, 7) is 1.79. The number of carbonyl (C=O) groups is 1. The predicted octanol–water partition coefficient (Wildman–Crippen LogP) is 3.51. The van der Waals surface area contributed by atoms with E-state index in [0.29, 0.717) is 10.2 Å². The van der Waals surface area contributed by atoms with E-state index in [0.717, 1.165) is 47.8 Å². The van der Waals surface area contributed by atoms with Gasteiger partial charge in [0.05, 0.1) is 0 Å². The van der Waals surface area contributed by atoms with E-state index in [-0.39, 0.29) is 18.6 Å². The first-order valence-electron chi connectivity index (χ1n) is 9.48. The zero-order valence-electron chi connectivity index (χ0n) is 16.0. The molecule has 29 heavy (non-hydrogen) atoms. The molecule has 1 fully saturated rings. The van der Waals surface area contributed by atoms with Gasteiger partial charge < -0.3 is 15.3 Å². The molecule has 1 aromatic carbocycles. The summed E-state index contributed by atoms with van der Waals surface area (Å²) in [7, 11) is 1.94. The minimum absolute atomic E-state index is 0.0356. The molecule has 2 unspecified atom stereocenters. The molecule has 7 nitrogen and oxygen atoms in total. The van der Waals surface area contributed by atoms with Crippen molar-refractivity contribution in [3.8, 4) is 0 Å². The summed E-state index contributed by atoms with van der Waals surface area (Å²) in [5.41, 5.74) is 1.74. The monoisotopic (exact) mass is 431 g/mol. The average molecular weight is 432 g/mol. The Bertz CT molecular complexity index is 1010. The van der Waals surface area contributed by atoms with Gasteiger partial charge in [-0.25, -0.2) is 9.97 Å². The fourth-order valence-corrected chi connectivity index (χ4v) is 4.09. The smallest absolute Gasteiger partial charge is 0.244 e. The highest BCUT2D eigenvalue weighted by atomic mass is 35.5. The molecule has 4 rings (SSSR count). The lowest BCUT2D eigenvalue weighted by molar-refractivity contribution is -0.116. The number of hydrogen-bond donors (Lipinski definition) is 2. The Labute approximate surface area is 177 Å². The molecule has 1 aliphatic heterocycles. The lowest BCUT2D eigenvalue weighted by Gasteiger charge is -2.18. The molecule has 0 radical (unpaired) electrons. The van der Waals surface area contributed by atoms with E-state index in [4.69, 9.17) is 21.7 Å². The minimum Gasteiger partial charge on any atom is -0.396 e. The highest BCUT2D eigenvalue weighted by Gasteiger charge is 2.39. The molecule has 3 aromatic rings. The van der Waals surface area contributed by atoms with Crippen LogP contribution in [0.15, 0.2) is 36.4 Å². The van der Waals surface area contributed by atoms with Gasteiger partial charge in [0.25, 0.3) is 0 Å². The molecule has 2 atom stereocenters. The van der Waals surface area contributed by atoms with Crippen LogP contribution in [0.25, 0.3) is 10.3 Å². The Morgan fingerprint density at radius 2 is 2.07 bits per heavy atom. The van der Waals surface area contributed by atoms with Gasteiger partial charge in [-0.2, -0.15) is 0 Å². The molecular formula is C20H22ClN5O2S. The van der Waals surface area contributed by atoms with Crippen molar-refractivity contribution in [1.82, 2.24) is 14.9 Å². The van der Waals surface area contributed by atoms with E-state index >= 15 is 0 Å². The van der Waals surface area contributed by atoms with Crippen molar-refractivity contribution in [2.24, 2.45) is 0 Å². The summed E-state index contributed by atoms with van der Waals surface area (Å²) < 4.78 is 0. The molecule has 0 bridgehead atoms. The van der Waals surface area contributed by atoms with E-state index < -0.39 is 0 Å². The molecule has 2 aromatic heterocycles. The number of aromatic nitrogens is 2. The Kier molecular flexibility index (Phi) is 5.96. The standard InChI is InChI=1S/C20H22ClN5O2S/c1-25(14-6-4-13(21)5-7-14)17-9-8-15-19(23-17)29-20(22-15)24-18(28)16-12-26(16)10-2-3-11-27/h4-9,16,27H,2-3,10-12H2,1H3,(H,22,24,28). The van der Waals surface area contributed by atoms with E-state index in [9.17, 15) is 4.79 Å². The number of halogens is 1. The predicted molar refractivity (Wildman–Crippen MR) is 117 cm³/mol. The molecule has 3 heterocycles. The summed E-state index contributed by atoms with van der Waals surface area (Å²) in [5, 5.41) is 13.0. The van der Waals surface area contributed by atoms with Gasteiger partial charge in [0.1, 0.15) is 22.2 Å². The topological polar surface area (TPSA) is 81.4 Å². The van der Waals surface area contributed by atoms with Gasteiger partial charge in [-0.05, 0) is 55.8 Å². The molecule has 0 spiro atoms. The van der Waals surface area contributed by atoms with Gasteiger partial charge in [0.15, 0.2) is 5.13 Å². The zero-order chi connectivity index (χ0) is 20.4. The van der Waals surface area contributed by atoms with Crippen LogP contribution < -0.4 is 10.2 Å². The first-order valence-corrected chi connectivity index (χ1v) is 10.7. The molecule has 1 saturated heterocycles. The van der Waals surface area contributed by atoms with E-state index in [1.165, 1.54) is 11.3 Å². The van der Waals surface area contributed by atoms with Crippen LogP contribution in [-0.2, 0) is 4.79 Å². The van der Waals surface area contributed by atoms with Crippen LogP contribution in [0.4, 0.5) is 16.6 Å². The summed E-state index contributed by atoms with van der Waals surface area (Å²) in [4.78, 5) is 26.4. The molecule has 0 saturated carbocycles. The number of aliphatic hydroxyl groups is 1. The summed E-state index contributed by atoms with van der Waals surface area (Å²) >= 11 is 7.33. The quantitative estimate of drug-likeness (QED) is 0.419. The van der Waals surface area contributed by atoms with Crippen LogP contribution in [0.1, 0.15) is 12.8 Å². The van der Waals surface area contributed by atoms with Crippen LogP contribution in [0.2, 0.25) is 5.02 Å². The minimum atomic E-state index is -0.0970. The van der Waals surface area contributed by atoms with Crippen molar-refractivity contribution < 1.29 is 9.90 Å². The van der Waals surface area contributed by atoms with Crippen molar-refractivity contribution >= 4 is 55.8 Å². The fourth-order valence-electron chi connectivity index (χ4n) is 3.13. The van der Waals surface area contributed by atoms with Crippen LogP contribution in [0, 0.1) is 0 Å². The number of hydrogen-bond acceptors (Lipinski definition) is 7. The first-order chi connectivity index (χ1) is 14.0. The molecular weight excluding hydrogens is 410 g/mol. The van der Waals surface area contributed by atoms with Gasteiger partial charge in [0, 0.05) is 30.9 Å². The second-order valence-electron chi connectivity index (χ2n) is 6.98. The third kappa shape index (κ3) is 4.67. The second kappa shape index (κ2) is 8.62. The number of thiazole rings is 1. The number of nitrogens with one attached hydrogen (secondary N) is 1. The van der Waals surface area contributed by atoms with Gasteiger partial charge >= 0.3 is 0 Å². The van der Waals surface area contributed by atoms with Crippen LogP contribution >= 0.6 is 22.9 Å². The third-order valence-electron chi connectivity index (χ3n) is 4.90. The van der Waals surface area contributed by atoms with Gasteiger partial charge in [-0.1, -0.05) is 22.9 Å². The maximum absolute atomic E-state index is 12.4. The molecule has 2 N–H and O–H groups in total. The van der Waals surface area contributed by atoms with Crippen LogP contribution in [-0.4, -0.2) is 58.7 Å². The Morgan fingerprint density at radius 3 is 2.83 bits per heavy atom. The fraction of sp³-hybridized carbons (Fsp3) is 0.350. The third-order valence-corrected chi connectivity index (χ3v) is 6.03. The SMILES string of the molecule is CN(c1ccc(Cl)cc1)c1ccc2nc(NC(=O)C3CN3CCCCO)sc2n1. The maximum Gasteiger partial charge on any atom is 0.244 e. The van der Waals surface area contributed by atoms with Crippen LogP contribution in [0.5, 0.6) is 0 Å². The zero-order valence-corrected chi connectivity index (χ0v) is 17.6. The largest absolute Gasteiger partial charge is 0.396 e. The lowest BCUT2D eigenvalue weighted by atomic mass is 10.3. The van der Waals surface area contributed by atoms with Gasteiger partial charge in [0.2, 0.25) is 5.91 Å². The Morgan fingerprint density at radius 1 is 1.28 bits per heavy atom. The van der Waals surface area contributed by atoms with Crippen molar-refractivity contribution in [2.45, 2.75) is 18.9 Å². The Balaban J connectivity index is 1.42. The van der Waals surface area contributed by atoms with E-state index in [1.807, 2.05) is 48.3 Å². The maximum atomic E-state index is 12.4. The number of unbranched alkanes of at least 4 members (excludes halogenated alkanes) is 1. The number of nitrogens with zero attached hydrogens (tertiary/aromatic N) is 4. The second-order valence-corrected chi connectivity index (χ2v) is 8.39. The van der Waals surface area contributed by atoms with E-state index in [2.05, 4.69) is 15.2 Å². The number of rotatable bonds is 8. The number of benzene rings is 1. The normalized spacial score (nSPS) is 18.0. The number of fused-ring (bicyclic) bond motifs is 1. The summed E-state index contributed by atoms with van der Waals surface area (Å²) in [6.07, 6.45) is 1.66. The van der Waals surface area contributed by atoms with Gasteiger partial charge in [-0.15, -0.1) is 0 Å². The summed E-state index contributed by atoms with van der Waals surface area (Å²) in [5.74, 6) is 0.755. The molecule has 1 aliphatic rings. The van der Waals surface area contributed by atoms with E-state index in [1.54, 1.807) is 0 Å². The van der Waals surface area contributed by atoms with Crippen molar-refractivity contribution in [1.29, 1.82) is 0 Å². The van der Waals surface area contributed by atoms with Crippen LogP contribution in [0.3, 0.4) is 0 Å². The number of pyridine rings is 1. The number of amides is 1. The number of carbonyl (C=O) groups excluding carboxylic acids is 1.